The van der Waals surface area contributed by atoms with E-state index in [1.54, 1.807) is 6.20 Å². The summed E-state index contributed by atoms with van der Waals surface area (Å²) >= 11 is 6.23. The van der Waals surface area contributed by atoms with Crippen molar-refractivity contribution in [2.75, 3.05) is 5.32 Å². The highest BCUT2D eigenvalue weighted by Crippen LogP contribution is 2.25. The molecule has 0 spiro atoms. The molecule has 1 saturated carbocycles. The number of hydrogen-bond acceptors (Lipinski definition) is 4. The van der Waals surface area contributed by atoms with E-state index in [0.29, 0.717) is 6.04 Å². The summed E-state index contributed by atoms with van der Waals surface area (Å²) in [6.07, 6.45) is 16.2. The zero-order valence-electron chi connectivity index (χ0n) is 19.6. The second kappa shape index (κ2) is 9.67. The van der Waals surface area contributed by atoms with Gasteiger partial charge in [-0.3, -0.25) is 9.98 Å². The van der Waals surface area contributed by atoms with Crippen LogP contribution >= 0.6 is 11.6 Å². The van der Waals surface area contributed by atoms with Crippen LogP contribution in [0.15, 0.2) is 65.9 Å². The van der Waals surface area contributed by atoms with E-state index in [9.17, 15) is 0 Å². The molecule has 0 bridgehead atoms. The van der Waals surface area contributed by atoms with E-state index in [1.807, 2.05) is 30.5 Å². The SMILES string of the molecule is Clc1ccc(-n2c3cc(=NC4CCCCC4)c(Nc4cccnc4)cc-3nc3c2=CCCC=3)cc1. The normalized spacial score (nSPS) is 16.4. The second-order valence-corrected chi connectivity index (χ2v) is 9.76. The highest BCUT2D eigenvalue weighted by molar-refractivity contribution is 6.30. The molecule has 3 aliphatic carbocycles. The first kappa shape index (κ1) is 22.1. The Morgan fingerprint density at radius 2 is 1.80 bits per heavy atom. The fourth-order valence-electron chi connectivity index (χ4n) is 5.13. The molecular weight excluding hydrogens is 454 g/mol. The first-order valence-corrected chi connectivity index (χ1v) is 12.9. The number of anilines is 2. The van der Waals surface area contributed by atoms with Crippen molar-refractivity contribution in [2.24, 2.45) is 4.99 Å². The first-order chi connectivity index (χ1) is 17.2. The number of nitrogens with zero attached hydrogens (tertiary/aromatic N) is 4. The number of rotatable bonds is 4. The molecule has 5 nitrogen and oxygen atoms in total. The van der Waals surface area contributed by atoms with Crippen LogP contribution in [0.25, 0.3) is 29.2 Å². The molecule has 0 radical (unpaired) electrons. The van der Waals surface area contributed by atoms with Gasteiger partial charge < -0.3 is 9.88 Å². The number of aromatic nitrogens is 3. The molecule has 6 heteroatoms. The van der Waals surface area contributed by atoms with Crippen molar-refractivity contribution in [1.29, 1.82) is 0 Å². The summed E-state index contributed by atoms with van der Waals surface area (Å²) in [5.74, 6) is 0. The van der Waals surface area contributed by atoms with E-state index < -0.39 is 0 Å². The maximum absolute atomic E-state index is 6.23. The van der Waals surface area contributed by atoms with E-state index in [0.717, 1.165) is 75.2 Å². The van der Waals surface area contributed by atoms with Crippen LogP contribution in [-0.4, -0.2) is 20.6 Å². The molecule has 2 aromatic rings. The molecule has 1 aromatic carbocycles. The van der Waals surface area contributed by atoms with E-state index in [1.165, 1.54) is 19.3 Å². The third-order valence-corrected chi connectivity index (χ3v) is 7.09. The maximum Gasteiger partial charge on any atom is 0.0900 e. The summed E-state index contributed by atoms with van der Waals surface area (Å²) in [4.78, 5) is 14.6. The van der Waals surface area contributed by atoms with Gasteiger partial charge in [0.1, 0.15) is 0 Å². The number of nitrogens with one attached hydrogen (secondary N) is 1. The molecule has 0 saturated heterocycles. The quantitative estimate of drug-likeness (QED) is 0.427. The largest absolute Gasteiger partial charge is 0.352 e. The summed E-state index contributed by atoms with van der Waals surface area (Å²) in [7, 11) is 0. The van der Waals surface area contributed by atoms with E-state index in [2.05, 4.69) is 51.3 Å². The molecule has 1 aromatic heterocycles. The highest BCUT2D eigenvalue weighted by Gasteiger charge is 2.18. The summed E-state index contributed by atoms with van der Waals surface area (Å²) in [6, 6.07) is 16.7. The molecule has 0 atom stereocenters. The van der Waals surface area contributed by atoms with E-state index in [4.69, 9.17) is 21.6 Å². The Bertz CT molecular complexity index is 1500. The Balaban J connectivity index is 1.62. The van der Waals surface area contributed by atoms with Gasteiger partial charge in [0.05, 0.1) is 51.1 Å². The Kier molecular flexibility index (Phi) is 6.09. The number of pyridine rings is 1. The molecule has 6 rings (SSSR count). The number of halogens is 1. The minimum atomic E-state index is 0.352. The number of benzene rings is 2. The Hall–Kier alpha value is -3.44. The molecule has 1 N–H and O–H groups in total. The van der Waals surface area contributed by atoms with Gasteiger partial charge in [-0.15, -0.1) is 0 Å². The summed E-state index contributed by atoms with van der Waals surface area (Å²) < 4.78 is 2.30. The molecule has 1 fully saturated rings. The molecule has 4 aliphatic rings. The lowest BCUT2D eigenvalue weighted by Gasteiger charge is -2.21. The van der Waals surface area contributed by atoms with Gasteiger partial charge in [0.2, 0.25) is 0 Å². The van der Waals surface area contributed by atoms with Crippen LogP contribution in [0.5, 0.6) is 0 Å². The van der Waals surface area contributed by atoms with Gasteiger partial charge in [-0.25, -0.2) is 4.98 Å². The Morgan fingerprint density at radius 3 is 2.60 bits per heavy atom. The highest BCUT2D eigenvalue weighted by atomic mass is 35.5. The van der Waals surface area contributed by atoms with Crippen molar-refractivity contribution in [3.8, 4) is 17.1 Å². The molecule has 2 heterocycles. The average molecular weight is 482 g/mol. The lowest BCUT2D eigenvalue weighted by Crippen LogP contribution is -2.40. The molecule has 176 valence electrons. The lowest BCUT2D eigenvalue weighted by atomic mass is 9.96. The van der Waals surface area contributed by atoms with Crippen molar-refractivity contribution in [3.05, 3.63) is 82.0 Å². The van der Waals surface area contributed by atoms with Gasteiger partial charge in [-0.1, -0.05) is 43.0 Å². The third-order valence-electron chi connectivity index (χ3n) is 6.84. The second-order valence-electron chi connectivity index (χ2n) is 9.33. The van der Waals surface area contributed by atoms with Crippen molar-refractivity contribution in [2.45, 2.75) is 51.0 Å². The van der Waals surface area contributed by atoms with Crippen LogP contribution in [0.1, 0.15) is 44.9 Å². The van der Waals surface area contributed by atoms with Crippen LogP contribution in [0, 0.1) is 0 Å². The summed E-state index contributed by atoms with van der Waals surface area (Å²) in [5, 5.41) is 7.40. The number of hydrogen-bond donors (Lipinski definition) is 1. The fraction of sp³-hybridized carbons (Fsp3) is 0.276. The predicted octanol–water partition coefficient (Wildman–Crippen LogP) is 5.36. The molecular formula is C29H28ClN5. The van der Waals surface area contributed by atoms with Crippen LogP contribution < -0.4 is 21.4 Å². The molecule has 35 heavy (non-hydrogen) atoms. The monoisotopic (exact) mass is 481 g/mol. The minimum Gasteiger partial charge on any atom is -0.352 e. The fourth-order valence-corrected chi connectivity index (χ4v) is 5.25. The lowest BCUT2D eigenvalue weighted by molar-refractivity contribution is 0.437. The molecule has 1 aliphatic heterocycles. The topological polar surface area (TPSA) is 55.1 Å². The van der Waals surface area contributed by atoms with Crippen molar-refractivity contribution in [1.82, 2.24) is 14.5 Å². The zero-order chi connectivity index (χ0) is 23.6. The van der Waals surface area contributed by atoms with Gasteiger partial charge in [0, 0.05) is 16.9 Å². The standard InChI is InChI=1S/C29H28ClN5/c30-20-12-14-23(15-13-20)35-28-11-5-4-10-24(28)34-27-17-25(33-22-9-6-16-31-19-22)26(18-29(27)35)32-21-7-2-1-3-8-21/h6,9-19,21,33H,1-5,7-8H2. The predicted molar refractivity (Wildman–Crippen MR) is 143 cm³/mol. The van der Waals surface area contributed by atoms with Crippen LogP contribution in [0.2, 0.25) is 5.02 Å². The van der Waals surface area contributed by atoms with Gasteiger partial charge in [0.25, 0.3) is 0 Å². The van der Waals surface area contributed by atoms with Gasteiger partial charge in [-0.05, 0) is 74.2 Å². The summed E-state index contributed by atoms with van der Waals surface area (Å²) in [5.41, 5.74) is 4.95. The molecule has 0 amide bonds. The zero-order valence-corrected chi connectivity index (χ0v) is 20.4. The van der Waals surface area contributed by atoms with Gasteiger partial charge in [0.15, 0.2) is 0 Å². The minimum absolute atomic E-state index is 0.352. The number of fused-ring (bicyclic) bond motifs is 2. The Labute approximate surface area is 209 Å². The van der Waals surface area contributed by atoms with Crippen LogP contribution in [0.3, 0.4) is 0 Å². The molecule has 0 unspecified atom stereocenters. The Morgan fingerprint density at radius 1 is 0.971 bits per heavy atom. The van der Waals surface area contributed by atoms with Crippen molar-refractivity contribution in [3.63, 3.8) is 0 Å². The van der Waals surface area contributed by atoms with Gasteiger partial charge >= 0.3 is 0 Å². The van der Waals surface area contributed by atoms with Crippen molar-refractivity contribution < 1.29 is 0 Å². The smallest absolute Gasteiger partial charge is 0.0900 e. The third kappa shape index (κ3) is 4.61. The average Bonchev–Trinajstić information content (AvgIpc) is 2.90. The van der Waals surface area contributed by atoms with Crippen LogP contribution in [0.4, 0.5) is 11.4 Å². The summed E-state index contributed by atoms with van der Waals surface area (Å²) in [6.45, 7) is 0. The van der Waals surface area contributed by atoms with E-state index >= 15 is 0 Å². The first-order valence-electron chi connectivity index (χ1n) is 12.5. The van der Waals surface area contributed by atoms with Gasteiger partial charge in [-0.2, -0.15) is 0 Å². The van der Waals surface area contributed by atoms with E-state index in [-0.39, 0.29) is 0 Å². The maximum atomic E-state index is 6.23. The van der Waals surface area contributed by atoms with Crippen molar-refractivity contribution >= 4 is 35.1 Å². The van der Waals surface area contributed by atoms with Crippen LogP contribution in [-0.2, 0) is 0 Å².